The lowest BCUT2D eigenvalue weighted by atomic mass is 10.1. The molecule has 3 rings (SSSR count). The molecule has 7 heteroatoms. The number of carbonyl (C=O) groups is 2. The molecule has 0 spiro atoms. The molecule has 26 heavy (non-hydrogen) atoms. The molecular formula is C19H17F3N2O2. The van der Waals surface area contributed by atoms with E-state index in [1.54, 1.807) is 0 Å². The van der Waals surface area contributed by atoms with Gasteiger partial charge in [0.25, 0.3) is 5.91 Å². The SMILES string of the molecule is O=C1CC(NCCc2ccccc2)C(=O)N1c1ccccc1C(F)(F)F. The van der Waals surface area contributed by atoms with Crippen LogP contribution < -0.4 is 10.2 Å². The molecule has 2 aromatic rings. The minimum atomic E-state index is -4.64. The number of benzene rings is 2. The van der Waals surface area contributed by atoms with Crippen LogP contribution in [0.3, 0.4) is 0 Å². The Bertz CT molecular complexity index is 806. The fourth-order valence-corrected chi connectivity index (χ4v) is 2.99. The highest BCUT2D eigenvalue weighted by molar-refractivity contribution is 6.22. The molecule has 1 saturated heterocycles. The molecule has 1 aliphatic heterocycles. The van der Waals surface area contributed by atoms with E-state index in [0.29, 0.717) is 17.9 Å². The molecule has 1 aliphatic rings. The van der Waals surface area contributed by atoms with Crippen molar-refractivity contribution in [3.8, 4) is 0 Å². The molecule has 4 nitrogen and oxygen atoms in total. The molecule has 1 N–H and O–H groups in total. The van der Waals surface area contributed by atoms with Gasteiger partial charge in [0, 0.05) is 0 Å². The van der Waals surface area contributed by atoms with Crippen molar-refractivity contribution >= 4 is 17.5 Å². The lowest BCUT2D eigenvalue weighted by Gasteiger charge is -2.20. The highest BCUT2D eigenvalue weighted by atomic mass is 19.4. The quantitative estimate of drug-likeness (QED) is 0.832. The lowest BCUT2D eigenvalue weighted by Crippen LogP contribution is -2.40. The first-order valence-electron chi connectivity index (χ1n) is 8.18. The van der Waals surface area contributed by atoms with Crippen molar-refractivity contribution in [1.82, 2.24) is 5.32 Å². The van der Waals surface area contributed by atoms with Gasteiger partial charge in [-0.05, 0) is 30.7 Å². The molecule has 1 heterocycles. The summed E-state index contributed by atoms with van der Waals surface area (Å²) in [7, 11) is 0. The van der Waals surface area contributed by atoms with Crippen molar-refractivity contribution in [2.45, 2.75) is 25.1 Å². The first-order chi connectivity index (χ1) is 12.4. The third-order valence-corrected chi connectivity index (χ3v) is 4.24. The van der Waals surface area contributed by atoms with Crippen LogP contribution >= 0.6 is 0 Å². The summed E-state index contributed by atoms with van der Waals surface area (Å²) in [4.78, 5) is 25.4. The predicted molar refractivity (Wildman–Crippen MR) is 90.5 cm³/mol. The van der Waals surface area contributed by atoms with Gasteiger partial charge in [-0.3, -0.25) is 9.59 Å². The van der Waals surface area contributed by atoms with E-state index in [1.165, 1.54) is 12.1 Å². The van der Waals surface area contributed by atoms with Gasteiger partial charge >= 0.3 is 6.18 Å². The molecule has 1 atom stereocenters. The van der Waals surface area contributed by atoms with Gasteiger partial charge in [-0.15, -0.1) is 0 Å². The second-order valence-corrected chi connectivity index (χ2v) is 6.03. The monoisotopic (exact) mass is 362 g/mol. The molecule has 2 aromatic carbocycles. The van der Waals surface area contributed by atoms with E-state index in [4.69, 9.17) is 0 Å². The Labute approximate surface area is 148 Å². The fraction of sp³-hybridized carbons (Fsp3) is 0.263. The zero-order chi connectivity index (χ0) is 18.7. The third-order valence-electron chi connectivity index (χ3n) is 4.24. The van der Waals surface area contributed by atoms with Crippen LogP contribution in [0.1, 0.15) is 17.5 Å². The van der Waals surface area contributed by atoms with Crippen LogP contribution in [0.5, 0.6) is 0 Å². The summed E-state index contributed by atoms with van der Waals surface area (Å²) in [6.45, 7) is 0.447. The van der Waals surface area contributed by atoms with Gasteiger partial charge in [0.1, 0.15) is 0 Å². The van der Waals surface area contributed by atoms with Crippen molar-refractivity contribution in [3.63, 3.8) is 0 Å². The van der Waals surface area contributed by atoms with Crippen molar-refractivity contribution in [2.24, 2.45) is 0 Å². The average Bonchev–Trinajstić information content (AvgIpc) is 2.89. The van der Waals surface area contributed by atoms with Gasteiger partial charge in [0.15, 0.2) is 0 Å². The number of anilines is 1. The van der Waals surface area contributed by atoms with E-state index < -0.39 is 35.3 Å². The smallest absolute Gasteiger partial charge is 0.305 e. The number of hydrogen-bond acceptors (Lipinski definition) is 3. The summed E-state index contributed by atoms with van der Waals surface area (Å²) in [5, 5.41) is 2.97. The number of carbonyl (C=O) groups excluding carboxylic acids is 2. The van der Waals surface area contributed by atoms with E-state index in [1.807, 2.05) is 30.3 Å². The van der Waals surface area contributed by atoms with Crippen LogP contribution in [0.2, 0.25) is 0 Å². The van der Waals surface area contributed by atoms with Crippen LogP contribution in [0.25, 0.3) is 0 Å². The van der Waals surface area contributed by atoms with E-state index in [0.717, 1.165) is 17.7 Å². The molecular weight excluding hydrogens is 345 g/mol. The van der Waals surface area contributed by atoms with Crippen LogP contribution in [0.4, 0.5) is 18.9 Å². The number of rotatable bonds is 5. The van der Waals surface area contributed by atoms with E-state index in [9.17, 15) is 22.8 Å². The maximum Gasteiger partial charge on any atom is 0.418 e. The zero-order valence-electron chi connectivity index (χ0n) is 13.8. The third kappa shape index (κ3) is 3.77. The summed E-state index contributed by atoms with van der Waals surface area (Å²) in [6.07, 6.45) is -4.15. The molecule has 1 fully saturated rings. The number of nitrogens with zero attached hydrogens (tertiary/aromatic N) is 1. The highest BCUT2D eigenvalue weighted by Gasteiger charge is 2.43. The number of imide groups is 1. The predicted octanol–water partition coefficient (Wildman–Crippen LogP) is 3.17. The minimum Gasteiger partial charge on any atom is -0.305 e. The zero-order valence-corrected chi connectivity index (χ0v) is 13.8. The van der Waals surface area contributed by atoms with Gasteiger partial charge in [0.2, 0.25) is 5.91 Å². The topological polar surface area (TPSA) is 49.4 Å². The van der Waals surface area contributed by atoms with Crippen LogP contribution in [0.15, 0.2) is 54.6 Å². The van der Waals surface area contributed by atoms with Crippen LogP contribution in [0, 0.1) is 0 Å². The van der Waals surface area contributed by atoms with Gasteiger partial charge in [-0.1, -0.05) is 42.5 Å². The maximum atomic E-state index is 13.2. The Morgan fingerprint density at radius 1 is 1.00 bits per heavy atom. The number of nitrogens with one attached hydrogen (secondary N) is 1. The van der Waals surface area contributed by atoms with Gasteiger partial charge in [-0.25, -0.2) is 4.90 Å². The number of para-hydroxylation sites is 1. The van der Waals surface area contributed by atoms with E-state index >= 15 is 0 Å². The summed E-state index contributed by atoms with van der Waals surface area (Å²) >= 11 is 0. The maximum absolute atomic E-state index is 13.2. The van der Waals surface area contributed by atoms with Crippen LogP contribution in [-0.2, 0) is 22.2 Å². The molecule has 0 bridgehead atoms. The summed E-state index contributed by atoms with van der Waals surface area (Å²) in [5.74, 6) is -1.29. The van der Waals surface area contributed by atoms with Crippen molar-refractivity contribution < 1.29 is 22.8 Å². The van der Waals surface area contributed by atoms with E-state index in [2.05, 4.69) is 5.32 Å². The first-order valence-corrected chi connectivity index (χ1v) is 8.18. The van der Waals surface area contributed by atoms with Gasteiger partial charge in [0.05, 0.1) is 23.7 Å². The number of hydrogen-bond donors (Lipinski definition) is 1. The number of halogens is 3. The Kier molecular flexibility index (Phi) is 5.08. The van der Waals surface area contributed by atoms with Gasteiger partial charge in [-0.2, -0.15) is 13.2 Å². The Morgan fingerprint density at radius 3 is 2.35 bits per heavy atom. The Morgan fingerprint density at radius 2 is 1.65 bits per heavy atom. The normalized spacial score (nSPS) is 17.8. The van der Waals surface area contributed by atoms with Gasteiger partial charge < -0.3 is 5.32 Å². The summed E-state index contributed by atoms with van der Waals surface area (Å²) in [6, 6.07) is 13.4. The largest absolute Gasteiger partial charge is 0.418 e. The standard InChI is InChI=1S/C19H17F3N2O2/c20-19(21,22)14-8-4-5-9-16(14)24-17(25)12-15(18(24)26)23-11-10-13-6-2-1-3-7-13/h1-9,15,23H,10-12H2. The van der Waals surface area contributed by atoms with E-state index in [-0.39, 0.29) is 6.42 Å². The van der Waals surface area contributed by atoms with Crippen molar-refractivity contribution in [1.29, 1.82) is 0 Å². The molecule has 1 unspecified atom stereocenters. The minimum absolute atomic E-state index is 0.153. The highest BCUT2D eigenvalue weighted by Crippen LogP contribution is 2.38. The number of amides is 2. The molecule has 2 amide bonds. The Balaban J connectivity index is 1.72. The molecule has 0 aliphatic carbocycles. The molecule has 0 saturated carbocycles. The number of alkyl halides is 3. The average molecular weight is 362 g/mol. The van der Waals surface area contributed by atoms with Crippen molar-refractivity contribution in [2.75, 3.05) is 11.4 Å². The fourth-order valence-electron chi connectivity index (χ4n) is 2.99. The Hall–Kier alpha value is -2.67. The lowest BCUT2D eigenvalue weighted by molar-refractivity contribution is -0.137. The second kappa shape index (κ2) is 7.29. The van der Waals surface area contributed by atoms with Crippen LogP contribution in [-0.4, -0.2) is 24.4 Å². The second-order valence-electron chi connectivity index (χ2n) is 6.03. The molecule has 136 valence electrons. The molecule has 0 radical (unpaired) electrons. The summed E-state index contributed by atoms with van der Waals surface area (Å²) < 4.78 is 39.5. The molecule has 0 aromatic heterocycles. The van der Waals surface area contributed by atoms with Crippen molar-refractivity contribution in [3.05, 3.63) is 65.7 Å². The first kappa shape index (κ1) is 18.1. The summed E-state index contributed by atoms with van der Waals surface area (Å²) in [5.41, 5.74) is -0.343.